The van der Waals surface area contributed by atoms with Crippen LogP contribution in [-0.4, -0.2) is 32.9 Å². The van der Waals surface area contributed by atoms with Crippen LogP contribution in [0.4, 0.5) is 0 Å². The molecule has 0 amide bonds. The quantitative estimate of drug-likeness (QED) is 0.813. The van der Waals surface area contributed by atoms with Crippen LogP contribution in [0.3, 0.4) is 0 Å². The van der Waals surface area contributed by atoms with Crippen LogP contribution in [-0.2, 0) is 20.0 Å². The summed E-state index contributed by atoms with van der Waals surface area (Å²) >= 11 is 0. The standard InChI is InChI=1S/C10H14O5S2/c1-9-3-5-10(6-4-9)16(11,12)7-2-8-17(13,14)15/h3-6H,2,7-8H2,1H3,(H,13,14,15). The van der Waals surface area contributed by atoms with Crippen molar-refractivity contribution in [3.05, 3.63) is 29.8 Å². The second-order valence-electron chi connectivity index (χ2n) is 3.77. The smallest absolute Gasteiger partial charge is 0.264 e. The average Bonchev–Trinajstić information content (AvgIpc) is 2.15. The lowest BCUT2D eigenvalue weighted by atomic mass is 10.2. The summed E-state index contributed by atoms with van der Waals surface area (Å²) in [5.74, 6) is -0.839. The monoisotopic (exact) mass is 278 g/mol. The summed E-state index contributed by atoms with van der Waals surface area (Å²) in [7, 11) is -7.57. The van der Waals surface area contributed by atoms with Gasteiger partial charge in [-0.05, 0) is 25.5 Å². The largest absolute Gasteiger partial charge is 0.286 e. The molecule has 0 bridgehead atoms. The van der Waals surface area contributed by atoms with Crippen LogP contribution in [0.5, 0.6) is 0 Å². The molecule has 0 saturated carbocycles. The number of hydrogen-bond acceptors (Lipinski definition) is 4. The molecule has 0 fully saturated rings. The molecule has 0 saturated heterocycles. The van der Waals surface area contributed by atoms with Crippen molar-refractivity contribution in [2.75, 3.05) is 11.5 Å². The SMILES string of the molecule is Cc1ccc(S(=O)(=O)CCCS(=O)(=O)O)cc1. The van der Waals surface area contributed by atoms with Gasteiger partial charge >= 0.3 is 0 Å². The number of rotatable bonds is 5. The van der Waals surface area contributed by atoms with E-state index in [4.69, 9.17) is 4.55 Å². The molecule has 0 atom stereocenters. The fraction of sp³-hybridized carbons (Fsp3) is 0.400. The Bertz CT molecular complexity index is 570. The third kappa shape index (κ3) is 4.84. The van der Waals surface area contributed by atoms with Crippen molar-refractivity contribution < 1.29 is 21.4 Å². The highest BCUT2D eigenvalue weighted by molar-refractivity contribution is 7.91. The van der Waals surface area contributed by atoms with Crippen LogP contribution in [0, 0.1) is 6.92 Å². The highest BCUT2D eigenvalue weighted by atomic mass is 32.2. The first kappa shape index (κ1) is 14.1. The van der Waals surface area contributed by atoms with Crippen molar-refractivity contribution in [1.82, 2.24) is 0 Å². The minimum Gasteiger partial charge on any atom is -0.286 e. The van der Waals surface area contributed by atoms with Gasteiger partial charge in [-0.1, -0.05) is 17.7 Å². The molecule has 0 aliphatic rings. The second kappa shape index (κ2) is 5.16. The molecule has 96 valence electrons. The molecule has 1 rings (SSSR count). The third-order valence-corrected chi connectivity index (χ3v) is 4.82. The zero-order valence-corrected chi connectivity index (χ0v) is 11.0. The van der Waals surface area contributed by atoms with E-state index in [1.165, 1.54) is 12.1 Å². The maximum absolute atomic E-state index is 11.8. The Labute approximate surface area is 101 Å². The number of hydrogen-bond donors (Lipinski definition) is 1. The van der Waals surface area contributed by atoms with Gasteiger partial charge in [0.25, 0.3) is 10.1 Å². The Kier molecular flexibility index (Phi) is 4.29. The Morgan fingerprint density at radius 1 is 1.00 bits per heavy atom. The zero-order valence-electron chi connectivity index (χ0n) is 9.33. The first-order chi connectivity index (χ1) is 7.71. The van der Waals surface area contributed by atoms with Gasteiger partial charge in [0.1, 0.15) is 0 Å². The maximum atomic E-state index is 11.8. The molecule has 1 aromatic carbocycles. The highest BCUT2D eigenvalue weighted by Gasteiger charge is 2.15. The van der Waals surface area contributed by atoms with E-state index >= 15 is 0 Å². The molecule has 0 heterocycles. The van der Waals surface area contributed by atoms with E-state index in [9.17, 15) is 16.8 Å². The predicted molar refractivity (Wildman–Crippen MR) is 64.3 cm³/mol. The molecule has 7 heteroatoms. The number of sulfone groups is 1. The first-order valence-electron chi connectivity index (χ1n) is 4.95. The predicted octanol–water partition coefficient (Wildman–Crippen LogP) is 1.05. The fourth-order valence-electron chi connectivity index (χ4n) is 1.29. The fourth-order valence-corrected chi connectivity index (χ4v) is 3.30. The van der Waals surface area contributed by atoms with E-state index < -0.39 is 25.7 Å². The lowest BCUT2D eigenvalue weighted by molar-refractivity contribution is 0.482. The van der Waals surface area contributed by atoms with E-state index in [2.05, 4.69) is 0 Å². The summed E-state index contributed by atoms with van der Waals surface area (Å²) in [5, 5.41) is 0. The Balaban J connectivity index is 2.73. The molecule has 1 N–H and O–H groups in total. The summed E-state index contributed by atoms with van der Waals surface area (Å²) in [4.78, 5) is 0.165. The maximum Gasteiger partial charge on any atom is 0.264 e. The summed E-state index contributed by atoms with van der Waals surface area (Å²) in [6.07, 6.45) is -0.116. The number of aryl methyl sites for hydroxylation is 1. The minimum absolute atomic E-state index is 0.116. The lowest BCUT2D eigenvalue weighted by Gasteiger charge is -2.04. The molecule has 0 radical (unpaired) electrons. The topological polar surface area (TPSA) is 88.5 Å². The Morgan fingerprint density at radius 3 is 2.00 bits per heavy atom. The lowest BCUT2D eigenvalue weighted by Crippen LogP contribution is -2.12. The van der Waals surface area contributed by atoms with Gasteiger partial charge in [0.15, 0.2) is 9.84 Å². The average molecular weight is 278 g/mol. The van der Waals surface area contributed by atoms with E-state index in [1.807, 2.05) is 6.92 Å². The first-order valence-corrected chi connectivity index (χ1v) is 8.21. The van der Waals surface area contributed by atoms with Crippen molar-refractivity contribution in [3.8, 4) is 0 Å². The molecular weight excluding hydrogens is 264 g/mol. The van der Waals surface area contributed by atoms with Gasteiger partial charge in [-0.3, -0.25) is 4.55 Å². The molecule has 0 aliphatic carbocycles. The highest BCUT2D eigenvalue weighted by Crippen LogP contribution is 2.13. The second-order valence-corrected chi connectivity index (χ2v) is 7.45. The van der Waals surface area contributed by atoms with Gasteiger partial charge in [0.05, 0.1) is 16.4 Å². The molecule has 5 nitrogen and oxygen atoms in total. The van der Waals surface area contributed by atoms with Crippen molar-refractivity contribution in [2.45, 2.75) is 18.2 Å². The minimum atomic E-state index is -4.10. The van der Waals surface area contributed by atoms with Crippen LogP contribution in [0.1, 0.15) is 12.0 Å². The summed E-state index contributed by atoms with van der Waals surface area (Å²) in [5.41, 5.74) is 0.946. The van der Waals surface area contributed by atoms with Crippen LogP contribution < -0.4 is 0 Å². The van der Waals surface area contributed by atoms with Crippen LogP contribution in [0.2, 0.25) is 0 Å². The van der Waals surface area contributed by atoms with Crippen LogP contribution in [0.15, 0.2) is 29.2 Å². The molecule has 0 aromatic heterocycles. The van der Waals surface area contributed by atoms with Crippen molar-refractivity contribution >= 4 is 20.0 Å². The summed E-state index contributed by atoms with van der Waals surface area (Å²) < 4.78 is 52.9. The van der Waals surface area contributed by atoms with Crippen molar-refractivity contribution in [3.63, 3.8) is 0 Å². The van der Waals surface area contributed by atoms with Gasteiger partial charge in [0, 0.05) is 0 Å². The van der Waals surface area contributed by atoms with Crippen LogP contribution >= 0.6 is 0 Å². The van der Waals surface area contributed by atoms with E-state index in [0.717, 1.165) is 5.56 Å². The van der Waals surface area contributed by atoms with Gasteiger partial charge in [-0.15, -0.1) is 0 Å². The van der Waals surface area contributed by atoms with E-state index in [1.54, 1.807) is 12.1 Å². The van der Waals surface area contributed by atoms with Gasteiger partial charge < -0.3 is 0 Å². The molecule has 17 heavy (non-hydrogen) atoms. The Hall–Kier alpha value is -0.920. The van der Waals surface area contributed by atoms with Gasteiger partial charge in [-0.25, -0.2) is 8.42 Å². The van der Waals surface area contributed by atoms with Gasteiger partial charge in [0.2, 0.25) is 0 Å². The van der Waals surface area contributed by atoms with Crippen LogP contribution in [0.25, 0.3) is 0 Å². The van der Waals surface area contributed by atoms with Crippen molar-refractivity contribution in [2.24, 2.45) is 0 Å². The molecule has 1 aromatic rings. The van der Waals surface area contributed by atoms with E-state index in [0.29, 0.717) is 0 Å². The Morgan fingerprint density at radius 2 is 1.53 bits per heavy atom. The van der Waals surface area contributed by atoms with E-state index in [-0.39, 0.29) is 17.1 Å². The summed E-state index contributed by atoms with van der Waals surface area (Å²) in [6, 6.07) is 6.32. The molecule has 0 aliphatic heterocycles. The van der Waals surface area contributed by atoms with Crippen molar-refractivity contribution in [1.29, 1.82) is 0 Å². The normalized spacial score (nSPS) is 12.6. The molecular formula is C10H14O5S2. The third-order valence-electron chi connectivity index (χ3n) is 2.20. The zero-order chi connectivity index (χ0) is 13.1. The summed E-state index contributed by atoms with van der Waals surface area (Å²) in [6.45, 7) is 1.84. The van der Waals surface area contributed by atoms with Gasteiger partial charge in [-0.2, -0.15) is 8.42 Å². The molecule has 0 unspecified atom stereocenters. The number of benzene rings is 1. The molecule has 0 spiro atoms.